The van der Waals surface area contributed by atoms with E-state index in [1.165, 1.54) is 17.5 Å². The number of guanidine groups is 1. The molecule has 1 aliphatic rings. The second kappa shape index (κ2) is 8.26. The number of halogens is 1. The number of hydrogen-bond acceptors (Lipinski definition) is 3. The van der Waals surface area contributed by atoms with Crippen LogP contribution < -0.4 is 11.1 Å². The van der Waals surface area contributed by atoms with Gasteiger partial charge in [-0.1, -0.05) is 6.07 Å². The Labute approximate surface area is 153 Å². The van der Waals surface area contributed by atoms with Crippen molar-refractivity contribution in [3.63, 3.8) is 0 Å². The third-order valence-electron chi connectivity index (χ3n) is 3.90. The molecular weight excluding hydrogens is 403 g/mol. The molecule has 1 aromatic carbocycles. The maximum atomic E-state index is 10.0. The molecule has 3 rings (SSSR count). The Morgan fingerprint density at radius 1 is 1.22 bits per heavy atom. The summed E-state index contributed by atoms with van der Waals surface area (Å²) in [5, 5.41) is 13.1. The van der Waals surface area contributed by atoms with Crippen molar-refractivity contribution < 1.29 is 5.11 Å². The lowest BCUT2D eigenvalue weighted by Gasteiger charge is -2.10. The van der Waals surface area contributed by atoms with Crippen molar-refractivity contribution in [2.45, 2.75) is 25.4 Å². The fraction of sp³-hybridized carbons (Fsp3) is 0.294. The molecule has 0 fully saturated rings. The Hall–Kier alpha value is -1.67. The molecular formula is C17H21IN4O. The molecule has 0 amide bonds. The number of aromatic nitrogens is 1. The van der Waals surface area contributed by atoms with E-state index in [-0.39, 0.29) is 30.5 Å². The first-order valence-corrected chi connectivity index (χ1v) is 7.49. The van der Waals surface area contributed by atoms with Gasteiger partial charge in [-0.05, 0) is 60.2 Å². The van der Waals surface area contributed by atoms with Crippen molar-refractivity contribution in [2.24, 2.45) is 10.7 Å². The summed E-state index contributed by atoms with van der Waals surface area (Å²) in [5.41, 5.74) is 10.4. The van der Waals surface area contributed by atoms with Crippen LogP contribution in [0.2, 0.25) is 0 Å². The topological polar surface area (TPSA) is 83.5 Å². The SMILES string of the molecule is I.NC(=NCC(O)c1ccncc1)Nc1ccc2c(c1)CCC2. The third kappa shape index (κ3) is 4.65. The predicted octanol–water partition coefficient (Wildman–Crippen LogP) is 2.65. The molecule has 0 spiro atoms. The molecule has 1 aliphatic carbocycles. The lowest BCUT2D eigenvalue weighted by atomic mass is 10.1. The number of pyridine rings is 1. The van der Waals surface area contributed by atoms with Gasteiger partial charge in [-0.3, -0.25) is 9.98 Å². The molecule has 0 radical (unpaired) electrons. The highest BCUT2D eigenvalue weighted by Crippen LogP contribution is 2.24. The summed E-state index contributed by atoms with van der Waals surface area (Å²) < 4.78 is 0. The van der Waals surface area contributed by atoms with Crippen LogP contribution in [0.4, 0.5) is 5.69 Å². The van der Waals surface area contributed by atoms with Crippen LogP contribution in [-0.4, -0.2) is 22.6 Å². The van der Waals surface area contributed by atoms with Crippen molar-refractivity contribution in [1.29, 1.82) is 0 Å². The molecule has 23 heavy (non-hydrogen) atoms. The number of aliphatic imine (C=N–C) groups is 1. The van der Waals surface area contributed by atoms with Crippen molar-refractivity contribution in [3.8, 4) is 0 Å². The number of hydrogen-bond donors (Lipinski definition) is 3. The molecule has 1 unspecified atom stereocenters. The predicted molar refractivity (Wildman–Crippen MR) is 103 cm³/mol. The van der Waals surface area contributed by atoms with E-state index in [2.05, 4.69) is 27.4 Å². The molecule has 0 saturated carbocycles. The van der Waals surface area contributed by atoms with Crippen LogP contribution in [0.1, 0.15) is 29.2 Å². The average molecular weight is 424 g/mol. The monoisotopic (exact) mass is 424 g/mol. The molecule has 1 aromatic heterocycles. The number of nitrogens with zero attached hydrogens (tertiary/aromatic N) is 2. The van der Waals surface area contributed by atoms with Gasteiger partial charge in [0.1, 0.15) is 0 Å². The normalized spacial score (nSPS) is 14.7. The van der Waals surface area contributed by atoms with Crippen molar-refractivity contribution in [1.82, 2.24) is 4.98 Å². The number of aryl methyl sites for hydroxylation is 2. The fourth-order valence-corrected chi connectivity index (χ4v) is 2.71. The summed E-state index contributed by atoms with van der Waals surface area (Å²) in [7, 11) is 0. The van der Waals surface area contributed by atoms with Gasteiger partial charge in [0.05, 0.1) is 12.6 Å². The summed E-state index contributed by atoms with van der Waals surface area (Å²) in [6, 6.07) is 9.83. The highest BCUT2D eigenvalue weighted by Gasteiger charge is 2.11. The van der Waals surface area contributed by atoms with Gasteiger partial charge in [-0.25, -0.2) is 0 Å². The van der Waals surface area contributed by atoms with E-state index in [1.807, 2.05) is 6.07 Å². The van der Waals surface area contributed by atoms with E-state index >= 15 is 0 Å². The minimum atomic E-state index is -0.677. The first-order chi connectivity index (χ1) is 10.7. The Morgan fingerprint density at radius 2 is 1.96 bits per heavy atom. The van der Waals surface area contributed by atoms with E-state index < -0.39 is 6.10 Å². The quantitative estimate of drug-likeness (QED) is 0.401. The highest BCUT2D eigenvalue weighted by molar-refractivity contribution is 14.0. The summed E-state index contributed by atoms with van der Waals surface area (Å²) >= 11 is 0. The van der Waals surface area contributed by atoms with E-state index in [0.29, 0.717) is 5.96 Å². The smallest absolute Gasteiger partial charge is 0.193 e. The molecule has 2 aromatic rings. The van der Waals surface area contributed by atoms with E-state index in [1.54, 1.807) is 24.5 Å². The van der Waals surface area contributed by atoms with Crippen LogP contribution in [0.3, 0.4) is 0 Å². The zero-order chi connectivity index (χ0) is 15.4. The van der Waals surface area contributed by atoms with Crippen LogP contribution in [0, 0.1) is 0 Å². The number of anilines is 1. The summed E-state index contributed by atoms with van der Waals surface area (Å²) in [4.78, 5) is 8.13. The largest absolute Gasteiger partial charge is 0.386 e. The van der Waals surface area contributed by atoms with Crippen LogP contribution in [0.25, 0.3) is 0 Å². The van der Waals surface area contributed by atoms with E-state index in [0.717, 1.165) is 24.1 Å². The second-order valence-corrected chi connectivity index (χ2v) is 5.48. The Bertz CT molecular complexity index is 676. The zero-order valence-corrected chi connectivity index (χ0v) is 15.1. The fourth-order valence-electron chi connectivity index (χ4n) is 2.71. The van der Waals surface area contributed by atoms with Crippen LogP contribution in [0.5, 0.6) is 0 Å². The minimum Gasteiger partial charge on any atom is -0.386 e. The number of aliphatic hydroxyl groups is 1. The zero-order valence-electron chi connectivity index (χ0n) is 12.8. The molecule has 122 valence electrons. The summed E-state index contributed by atoms with van der Waals surface area (Å²) in [5.74, 6) is 0.311. The molecule has 1 atom stereocenters. The highest BCUT2D eigenvalue weighted by atomic mass is 127. The molecule has 6 heteroatoms. The van der Waals surface area contributed by atoms with Gasteiger partial charge >= 0.3 is 0 Å². The average Bonchev–Trinajstić information content (AvgIpc) is 3.01. The van der Waals surface area contributed by atoms with Gasteiger partial charge in [-0.15, -0.1) is 24.0 Å². The maximum Gasteiger partial charge on any atom is 0.193 e. The van der Waals surface area contributed by atoms with E-state index in [4.69, 9.17) is 5.73 Å². The van der Waals surface area contributed by atoms with Gasteiger partial charge < -0.3 is 16.2 Å². The van der Waals surface area contributed by atoms with Crippen LogP contribution >= 0.6 is 24.0 Å². The minimum absolute atomic E-state index is 0. The van der Waals surface area contributed by atoms with Crippen LogP contribution in [-0.2, 0) is 12.8 Å². The third-order valence-corrected chi connectivity index (χ3v) is 3.90. The second-order valence-electron chi connectivity index (χ2n) is 5.48. The number of nitrogens with two attached hydrogens (primary N) is 1. The summed E-state index contributed by atoms with van der Waals surface area (Å²) in [6.45, 7) is 0.216. The Kier molecular flexibility index (Phi) is 6.35. The number of rotatable bonds is 4. The van der Waals surface area contributed by atoms with Gasteiger partial charge in [0.15, 0.2) is 5.96 Å². The molecule has 4 N–H and O–H groups in total. The lowest BCUT2D eigenvalue weighted by Crippen LogP contribution is -2.23. The molecule has 0 aliphatic heterocycles. The van der Waals surface area contributed by atoms with Crippen LogP contribution in [0.15, 0.2) is 47.7 Å². The first kappa shape index (κ1) is 17.7. The van der Waals surface area contributed by atoms with Crippen molar-refractivity contribution in [2.75, 3.05) is 11.9 Å². The van der Waals surface area contributed by atoms with Gasteiger partial charge in [0.25, 0.3) is 0 Å². The summed E-state index contributed by atoms with van der Waals surface area (Å²) in [6.07, 6.45) is 6.13. The molecule has 1 heterocycles. The van der Waals surface area contributed by atoms with Gasteiger partial charge in [0.2, 0.25) is 0 Å². The Balaban J connectivity index is 0.00000192. The number of fused-ring (bicyclic) bond motifs is 1. The molecule has 5 nitrogen and oxygen atoms in total. The molecule has 0 saturated heterocycles. The molecule has 0 bridgehead atoms. The number of nitrogens with one attached hydrogen (secondary N) is 1. The van der Waals surface area contributed by atoms with Crippen molar-refractivity contribution >= 4 is 35.6 Å². The van der Waals surface area contributed by atoms with Gasteiger partial charge in [0, 0.05) is 18.1 Å². The standard InChI is InChI=1S/C17H20N4O.HI/c18-17(20-11-16(22)13-6-8-19-9-7-13)21-15-5-4-12-2-1-3-14(12)10-15;/h4-10,16,22H,1-3,11H2,(H3,18,20,21);1H. The van der Waals surface area contributed by atoms with Crippen molar-refractivity contribution in [3.05, 3.63) is 59.4 Å². The van der Waals surface area contributed by atoms with Gasteiger partial charge in [-0.2, -0.15) is 0 Å². The first-order valence-electron chi connectivity index (χ1n) is 7.49. The Morgan fingerprint density at radius 3 is 2.74 bits per heavy atom. The number of aliphatic hydroxyl groups excluding tert-OH is 1. The lowest BCUT2D eigenvalue weighted by molar-refractivity contribution is 0.187. The maximum absolute atomic E-state index is 10.0. The van der Waals surface area contributed by atoms with E-state index in [9.17, 15) is 5.11 Å². The number of benzene rings is 1.